The fourth-order valence-corrected chi connectivity index (χ4v) is 1.72. The third kappa shape index (κ3) is 1.62. The predicted molar refractivity (Wildman–Crippen MR) is 51.1 cm³/mol. The maximum atomic E-state index is 12.7. The topological polar surface area (TPSA) is 29.1 Å². The molecule has 3 heteroatoms. The Morgan fingerprint density at radius 3 is 2.36 bits per heavy atom. The number of carbonyl (C=O) groups is 1. The summed E-state index contributed by atoms with van der Waals surface area (Å²) in [7, 11) is 0. The highest BCUT2D eigenvalue weighted by Gasteiger charge is 2.44. The van der Waals surface area contributed by atoms with Gasteiger partial charge in [-0.3, -0.25) is 4.79 Å². The summed E-state index contributed by atoms with van der Waals surface area (Å²) in [5, 5.41) is 2.90. The van der Waals surface area contributed by atoms with Crippen LogP contribution in [0.15, 0.2) is 24.3 Å². The van der Waals surface area contributed by atoms with Crippen molar-refractivity contribution < 1.29 is 9.18 Å². The molecule has 1 fully saturated rings. The molecule has 1 N–H and O–H groups in total. The van der Waals surface area contributed by atoms with E-state index in [-0.39, 0.29) is 17.3 Å². The van der Waals surface area contributed by atoms with Gasteiger partial charge in [0.15, 0.2) is 0 Å². The molecule has 1 aromatic rings. The number of hydrogen-bond donors (Lipinski definition) is 1. The Morgan fingerprint density at radius 2 is 1.93 bits per heavy atom. The van der Waals surface area contributed by atoms with Gasteiger partial charge in [-0.2, -0.15) is 0 Å². The molecule has 0 aromatic heterocycles. The average molecular weight is 193 g/mol. The van der Waals surface area contributed by atoms with Gasteiger partial charge in [-0.25, -0.2) is 4.39 Å². The molecule has 0 radical (unpaired) electrons. The Balaban J connectivity index is 2.22. The molecule has 0 bridgehead atoms. The molecular weight excluding hydrogens is 181 g/mol. The third-order valence-corrected chi connectivity index (χ3v) is 2.56. The van der Waals surface area contributed by atoms with E-state index in [1.807, 2.05) is 0 Å². The Bertz CT molecular complexity index is 354. The second-order valence-corrected chi connectivity index (χ2v) is 3.77. The van der Waals surface area contributed by atoms with Crippen LogP contribution in [0.25, 0.3) is 0 Å². The van der Waals surface area contributed by atoms with Gasteiger partial charge in [-0.1, -0.05) is 12.1 Å². The lowest BCUT2D eigenvalue weighted by Gasteiger charge is -2.16. The van der Waals surface area contributed by atoms with Crippen LogP contribution in [0, 0.1) is 5.82 Å². The molecule has 0 heterocycles. The quantitative estimate of drug-likeness (QED) is 0.764. The molecule has 2 nitrogen and oxygen atoms in total. The van der Waals surface area contributed by atoms with E-state index in [1.165, 1.54) is 19.1 Å². The molecule has 2 rings (SSSR count). The van der Waals surface area contributed by atoms with Crippen LogP contribution in [-0.2, 0) is 10.3 Å². The largest absolute Gasteiger partial charge is 0.347 e. The fraction of sp³-hybridized carbons (Fsp3) is 0.364. The molecule has 0 spiro atoms. The van der Waals surface area contributed by atoms with Crippen LogP contribution < -0.4 is 5.32 Å². The van der Waals surface area contributed by atoms with Crippen LogP contribution in [0.4, 0.5) is 4.39 Å². The molecule has 0 saturated heterocycles. The van der Waals surface area contributed by atoms with E-state index >= 15 is 0 Å². The minimum Gasteiger partial charge on any atom is -0.347 e. The number of hydrogen-bond acceptors (Lipinski definition) is 1. The van der Waals surface area contributed by atoms with Gasteiger partial charge >= 0.3 is 0 Å². The first-order chi connectivity index (χ1) is 6.62. The predicted octanol–water partition coefficient (Wildman–Crippen LogP) is 1.95. The Morgan fingerprint density at radius 1 is 1.36 bits per heavy atom. The van der Waals surface area contributed by atoms with Gasteiger partial charge < -0.3 is 5.32 Å². The second kappa shape index (κ2) is 3.08. The molecule has 1 aliphatic carbocycles. The molecule has 1 aromatic carbocycles. The Kier molecular flexibility index (Phi) is 2.02. The van der Waals surface area contributed by atoms with E-state index in [2.05, 4.69) is 5.32 Å². The molecule has 1 saturated carbocycles. The van der Waals surface area contributed by atoms with E-state index in [0.29, 0.717) is 0 Å². The molecular formula is C11H12FNO. The Labute approximate surface area is 82.1 Å². The van der Waals surface area contributed by atoms with Crippen LogP contribution in [0.1, 0.15) is 25.3 Å². The van der Waals surface area contributed by atoms with E-state index in [0.717, 1.165) is 18.4 Å². The van der Waals surface area contributed by atoms with Crippen molar-refractivity contribution in [3.05, 3.63) is 35.6 Å². The van der Waals surface area contributed by atoms with Crippen molar-refractivity contribution in [2.24, 2.45) is 0 Å². The second-order valence-electron chi connectivity index (χ2n) is 3.77. The molecule has 0 unspecified atom stereocenters. The zero-order valence-corrected chi connectivity index (χ0v) is 8.01. The summed E-state index contributed by atoms with van der Waals surface area (Å²) in [4.78, 5) is 11.0. The molecule has 1 amide bonds. The summed E-state index contributed by atoms with van der Waals surface area (Å²) >= 11 is 0. The van der Waals surface area contributed by atoms with Gasteiger partial charge in [-0.15, -0.1) is 0 Å². The molecule has 1 aliphatic rings. The number of amides is 1. The van der Waals surface area contributed by atoms with Crippen molar-refractivity contribution in [1.82, 2.24) is 5.32 Å². The standard InChI is InChI=1S/C11H12FNO/c1-8(14)13-11(6-7-11)9-2-4-10(12)5-3-9/h2-5H,6-7H2,1H3,(H,13,14). The maximum absolute atomic E-state index is 12.7. The highest BCUT2D eigenvalue weighted by molar-refractivity contribution is 5.74. The average Bonchev–Trinajstić information content (AvgIpc) is 2.85. The summed E-state index contributed by atoms with van der Waals surface area (Å²) < 4.78 is 12.7. The highest BCUT2D eigenvalue weighted by atomic mass is 19.1. The van der Waals surface area contributed by atoms with Gasteiger partial charge in [0.25, 0.3) is 0 Å². The minimum atomic E-state index is -0.243. The number of halogens is 1. The molecule has 0 atom stereocenters. The maximum Gasteiger partial charge on any atom is 0.217 e. The van der Waals surface area contributed by atoms with Crippen LogP contribution in [0.3, 0.4) is 0 Å². The minimum absolute atomic E-state index is 0.0353. The third-order valence-electron chi connectivity index (χ3n) is 2.56. The lowest BCUT2D eigenvalue weighted by atomic mass is 10.1. The first kappa shape index (κ1) is 9.19. The van der Waals surface area contributed by atoms with Crippen molar-refractivity contribution in [3.63, 3.8) is 0 Å². The van der Waals surface area contributed by atoms with E-state index in [1.54, 1.807) is 12.1 Å². The number of carbonyl (C=O) groups excluding carboxylic acids is 1. The lowest BCUT2D eigenvalue weighted by Crippen LogP contribution is -2.32. The van der Waals surface area contributed by atoms with Crippen LogP contribution in [0.2, 0.25) is 0 Å². The van der Waals surface area contributed by atoms with Gasteiger partial charge in [0, 0.05) is 6.92 Å². The summed E-state index contributed by atoms with van der Waals surface area (Å²) in [6, 6.07) is 6.32. The van der Waals surface area contributed by atoms with E-state index in [4.69, 9.17) is 0 Å². The van der Waals surface area contributed by atoms with Gasteiger partial charge in [0.1, 0.15) is 5.82 Å². The lowest BCUT2D eigenvalue weighted by molar-refractivity contribution is -0.120. The van der Waals surface area contributed by atoms with Crippen molar-refractivity contribution >= 4 is 5.91 Å². The van der Waals surface area contributed by atoms with Gasteiger partial charge in [-0.05, 0) is 30.5 Å². The van der Waals surface area contributed by atoms with Crippen molar-refractivity contribution in [1.29, 1.82) is 0 Å². The van der Waals surface area contributed by atoms with Crippen LogP contribution >= 0.6 is 0 Å². The zero-order chi connectivity index (χ0) is 10.2. The molecule has 74 valence electrons. The normalized spacial score (nSPS) is 17.6. The van der Waals surface area contributed by atoms with Gasteiger partial charge in [0.2, 0.25) is 5.91 Å². The zero-order valence-electron chi connectivity index (χ0n) is 8.01. The first-order valence-corrected chi connectivity index (χ1v) is 4.67. The number of nitrogens with one attached hydrogen (secondary N) is 1. The molecule has 14 heavy (non-hydrogen) atoms. The van der Waals surface area contributed by atoms with Crippen LogP contribution in [0.5, 0.6) is 0 Å². The summed E-state index contributed by atoms with van der Waals surface area (Å²) in [6.07, 6.45) is 1.89. The van der Waals surface area contributed by atoms with Crippen molar-refractivity contribution in [2.75, 3.05) is 0 Å². The fourth-order valence-electron chi connectivity index (χ4n) is 1.72. The summed E-state index contributed by atoms with van der Waals surface area (Å²) in [5.41, 5.74) is 0.786. The Hall–Kier alpha value is -1.38. The van der Waals surface area contributed by atoms with Gasteiger partial charge in [0.05, 0.1) is 5.54 Å². The van der Waals surface area contributed by atoms with E-state index in [9.17, 15) is 9.18 Å². The van der Waals surface area contributed by atoms with Crippen LogP contribution in [-0.4, -0.2) is 5.91 Å². The monoisotopic (exact) mass is 193 g/mol. The molecule has 0 aliphatic heterocycles. The SMILES string of the molecule is CC(=O)NC1(c2ccc(F)cc2)CC1. The first-order valence-electron chi connectivity index (χ1n) is 4.67. The summed E-state index contributed by atoms with van der Waals surface area (Å²) in [5.74, 6) is -0.279. The smallest absolute Gasteiger partial charge is 0.217 e. The number of rotatable bonds is 2. The highest BCUT2D eigenvalue weighted by Crippen LogP contribution is 2.45. The van der Waals surface area contributed by atoms with Crippen molar-refractivity contribution in [3.8, 4) is 0 Å². The van der Waals surface area contributed by atoms with Crippen molar-refractivity contribution in [2.45, 2.75) is 25.3 Å². The number of benzene rings is 1. The van der Waals surface area contributed by atoms with E-state index < -0.39 is 0 Å². The summed E-state index contributed by atoms with van der Waals surface area (Å²) in [6.45, 7) is 1.50.